The first-order valence-corrected chi connectivity index (χ1v) is 9.73. The van der Waals surface area contributed by atoms with E-state index < -0.39 is 11.2 Å². The topological polar surface area (TPSA) is 80.4 Å². The van der Waals surface area contributed by atoms with Crippen molar-refractivity contribution in [3.05, 3.63) is 55.1 Å². The third-order valence-corrected chi connectivity index (χ3v) is 5.61. The third kappa shape index (κ3) is 3.32. The Balaban J connectivity index is 1.90. The Morgan fingerprint density at radius 3 is 2.70 bits per heavy atom. The van der Waals surface area contributed by atoms with Crippen molar-refractivity contribution in [2.45, 2.75) is 6.54 Å². The Kier molecular flexibility index (Phi) is 4.65. The second kappa shape index (κ2) is 6.97. The third-order valence-electron chi connectivity index (χ3n) is 5.12. The number of benzene rings is 1. The molecule has 0 aliphatic carbocycles. The first-order chi connectivity index (χ1) is 12.9. The lowest BCUT2D eigenvalue weighted by molar-refractivity contribution is -0.880. The Hall–Kier alpha value is -2.39. The van der Waals surface area contributed by atoms with Crippen LogP contribution in [-0.4, -0.2) is 52.3 Å². The minimum atomic E-state index is -0.450. The van der Waals surface area contributed by atoms with Crippen LogP contribution in [0.15, 0.2) is 38.3 Å². The van der Waals surface area contributed by atoms with E-state index in [0.717, 1.165) is 42.2 Å². The second-order valence-corrected chi connectivity index (χ2v) is 7.98. The lowest BCUT2D eigenvalue weighted by Gasteiger charge is -2.31. The molecule has 0 radical (unpaired) electrons. The summed E-state index contributed by atoms with van der Waals surface area (Å²) in [5.74, 6) is 0.740. The Morgan fingerprint density at radius 1 is 1.26 bits per heavy atom. The van der Waals surface area contributed by atoms with Crippen LogP contribution >= 0.6 is 15.9 Å². The summed E-state index contributed by atoms with van der Waals surface area (Å²) in [6.45, 7) is 4.25. The number of anilines is 1. The number of nitrogens with zero attached hydrogens (tertiary/aromatic N) is 4. The van der Waals surface area contributed by atoms with Crippen molar-refractivity contribution in [1.29, 1.82) is 0 Å². The molecule has 1 aliphatic rings. The van der Waals surface area contributed by atoms with Crippen molar-refractivity contribution in [2.24, 2.45) is 7.05 Å². The van der Waals surface area contributed by atoms with Gasteiger partial charge in [-0.1, -0.05) is 28.1 Å². The standard InChI is InChI=1S/C18H21BrN6O2/c1-22-6-8-24(9-7-22)17-20-15-14(16(26)21-18(27)23(15)2)25(17)11-12-4-3-5-13(19)10-12/h3-5,10H,6-9,11H2,1-2H3,(H,21,26,27)/p+1. The number of hydrogen-bond donors (Lipinski definition) is 2. The van der Waals surface area contributed by atoms with Crippen LogP contribution in [0.3, 0.4) is 0 Å². The fourth-order valence-corrected chi connectivity index (χ4v) is 3.97. The summed E-state index contributed by atoms with van der Waals surface area (Å²) in [6.07, 6.45) is 0. The normalized spacial score (nSPS) is 15.6. The number of aromatic amines is 1. The van der Waals surface area contributed by atoms with Crippen LogP contribution in [0, 0.1) is 0 Å². The number of likely N-dealkylation sites (N-methyl/N-ethyl adjacent to an activating group) is 1. The summed E-state index contributed by atoms with van der Waals surface area (Å²) in [7, 11) is 3.81. The van der Waals surface area contributed by atoms with E-state index in [2.05, 4.69) is 32.9 Å². The van der Waals surface area contributed by atoms with Crippen molar-refractivity contribution in [2.75, 3.05) is 38.1 Å². The number of H-pyrrole nitrogens is 1. The van der Waals surface area contributed by atoms with Gasteiger partial charge in [0.2, 0.25) is 5.95 Å². The highest BCUT2D eigenvalue weighted by atomic mass is 79.9. The maximum Gasteiger partial charge on any atom is 0.329 e. The lowest BCUT2D eigenvalue weighted by Crippen LogP contribution is -3.12. The lowest BCUT2D eigenvalue weighted by atomic mass is 10.2. The van der Waals surface area contributed by atoms with Crippen molar-refractivity contribution < 1.29 is 4.90 Å². The van der Waals surface area contributed by atoms with Crippen LogP contribution < -0.4 is 21.0 Å². The molecule has 8 nitrogen and oxygen atoms in total. The van der Waals surface area contributed by atoms with Gasteiger partial charge >= 0.3 is 5.69 Å². The molecule has 3 aromatic rings. The zero-order valence-electron chi connectivity index (χ0n) is 15.3. The fraction of sp³-hybridized carbons (Fsp3) is 0.389. The SMILES string of the molecule is Cn1c(=O)[nH]c(=O)c2c1nc(N1CC[NH+](C)CC1)n2Cc1cccc(Br)c1. The molecule has 9 heteroatoms. The molecule has 4 rings (SSSR count). The number of piperazine rings is 1. The summed E-state index contributed by atoms with van der Waals surface area (Å²) in [4.78, 5) is 35.4. The Labute approximate surface area is 164 Å². The number of imidazole rings is 1. The van der Waals surface area contributed by atoms with Crippen LogP contribution in [-0.2, 0) is 13.6 Å². The van der Waals surface area contributed by atoms with E-state index in [-0.39, 0.29) is 0 Å². The molecule has 0 saturated carbocycles. The van der Waals surface area contributed by atoms with E-state index in [4.69, 9.17) is 4.98 Å². The van der Waals surface area contributed by atoms with Crippen molar-refractivity contribution in [1.82, 2.24) is 19.1 Å². The van der Waals surface area contributed by atoms with Gasteiger partial charge in [-0.05, 0) is 17.7 Å². The van der Waals surface area contributed by atoms with Gasteiger partial charge in [-0.3, -0.25) is 18.9 Å². The molecule has 142 valence electrons. The molecule has 0 amide bonds. The summed E-state index contributed by atoms with van der Waals surface area (Å²) in [5.41, 5.74) is 1.05. The quantitative estimate of drug-likeness (QED) is 0.587. The average molecular weight is 434 g/mol. The van der Waals surface area contributed by atoms with Gasteiger partial charge in [0.05, 0.1) is 39.8 Å². The zero-order valence-corrected chi connectivity index (χ0v) is 16.9. The summed E-state index contributed by atoms with van der Waals surface area (Å²) in [6, 6.07) is 7.98. The number of fused-ring (bicyclic) bond motifs is 1. The number of aromatic nitrogens is 4. The van der Waals surface area contributed by atoms with Crippen LogP contribution in [0.4, 0.5) is 5.95 Å². The fourth-order valence-electron chi connectivity index (χ4n) is 3.52. The summed E-state index contributed by atoms with van der Waals surface area (Å²) in [5, 5.41) is 0. The van der Waals surface area contributed by atoms with Crippen LogP contribution in [0.1, 0.15) is 5.56 Å². The van der Waals surface area contributed by atoms with E-state index in [0.29, 0.717) is 17.7 Å². The molecule has 1 aromatic carbocycles. The molecule has 2 aromatic heterocycles. The molecule has 3 heterocycles. The molecule has 0 spiro atoms. The molecule has 27 heavy (non-hydrogen) atoms. The van der Waals surface area contributed by atoms with Gasteiger partial charge in [0.15, 0.2) is 11.2 Å². The molecule has 2 N–H and O–H groups in total. The zero-order chi connectivity index (χ0) is 19.1. The molecule has 1 fully saturated rings. The number of quaternary nitrogens is 1. The predicted molar refractivity (Wildman–Crippen MR) is 108 cm³/mol. The Morgan fingerprint density at radius 2 is 2.00 bits per heavy atom. The van der Waals surface area contributed by atoms with E-state index >= 15 is 0 Å². The van der Waals surface area contributed by atoms with Gasteiger partial charge in [-0.15, -0.1) is 0 Å². The maximum atomic E-state index is 12.6. The van der Waals surface area contributed by atoms with Gasteiger partial charge < -0.3 is 9.80 Å². The monoisotopic (exact) mass is 433 g/mol. The number of nitrogens with one attached hydrogen (secondary N) is 2. The highest BCUT2D eigenvalue weighted by Crippen LogP contribution is 2.22. The van der Waals surface area contributed by atoms with Gasteiger partial charge in [0, 0.05) is 11.5 Å². The van der Waals surface area contributed by atoms with E-state index in [1.807, 2.05) is 28.8 Å². The van der Waals surface area contributed by atoms with Gasteiger partial charge in [0.25, 0.3) is 5.56 Å². The van der Waals surface area contributed by atoms with Gasteiger partial charge in [-0.25, -0.2) is 4.79 Å². The van der Waals surface area contributed by atoms with E-state index in [1.54, 1.807) is 7.05 Å². The Bertz CT molecular complexity index is 1110. The van der Waals surface area contributed by atoms with Crippen molar-refractivity contribution in [3.63, 3.8) is 0 Å². The van der Waals surface area contributed by atoms with Crippen molar-refractivity contribution >= 4 is 33.0 Å². The highest BCUT2D eigenvalue weighted by Gasteiger charge is 2.25. The van der Waals surface area contributed by atoms with Crippen LogP contribution in [0.2, 0.25) is 0 Å². The highest BCUT2D eigenvalue weighted by molar-refractivity contribution is 9.10. The average Bonchev–Trinajstić information content (AvgIpc) is 3.00. The maximum absolute atomic E-state index is 12.6. The predicted octanol–water partition coefficient (Wildman–Crippen LogP) is -0.431. The van der Waals surface area contributed by atoms with Crippen molar-refractivity contribution in [3.8, 4) is 0 Å². The summed E-state index contributed by atoms with van der Waals surface area (Å²) >= 11 is 3.50. The molecule has 0 atom stereocenters. The number of rotatable bonds is 3. The van der Waals surface area contributed by atoms with E-state index in [9.17, 15) is 9.59 Å². The van der Waals surface area contributed by atoms with Gasteiger partial charge in [-0.2, -0.15) is 4.98 Å². The second-order valence-electron chi connectivity index (χ2n) is 7.06. The largest absolute Gasteiger partial charge is 0.334 e. The smallest absolute Gasteiger partial charge is 0.329 e. The number of hydrogen-bond acceptors (Lipinski definition) is 4. The minimum Gasteiger partial charge on any atom is -0.334 e. The number of halogens is 1. The first-order valence-electron chi connectivity index (χ1n) is 8.94. The first kappa shape index (κ1) is 18.0. The molecular formula is C18H22BrN6O2+. The molecule has 0 bridgehead atoms. The molecule has 1 saturated heterocycles. The van der Waals surface area contributed by atoms with E-state index in [1.165, 1.54) is 9.47 Å². The molecule has 0 unspecified atom stereocenters. The minimum absolute atomic E-state index is 0.401. The molecule has 1 aliphatic heterocycles. The summed E-state index contributed by atoms with van der Waals surface area (Å²) < 4.78 is 4.31. The van der Waals surface area contributed by atoms with Crippen LogP contribution in [0.5, 0.6) is 0 Å². The molecular weight excluding hydrogens is 412 g/mol. The number of aryl methyl sites for hydroxylation is 1. The van der Waals surface area contributed by atoms with Crippen LogP contribution in [0.25, 0.3) is 11.2 Å². The van der Waals surface area contributed by atoms with Gasteiger partial charge in [0.1, 0.15) is 0 Å².